The van der Waals surface area contributed by atoms with Gasteiger partial charge in [0.2, 0.25) is 0 Å². The molecule has 28 heavy (non-hydrogen) atoms. The van der Waals surface area contributed by atoms with Crippen molar-refractivity contribution in [3.63, 3.8) is 0 Å². The monoisotopic (exact) mass is 381 g/mol. The van der Waals surface area contributed by atoms with Crippen LogP contribution in [0.5, 0.6) is 0 Å². The molecule has 2 N–H and O–H groups in total. The lowest BCUT2D eigenvalue weighted by Crippen LogP contribution is -2.34. The van der Waals surface area contributed by atoms with E-state index >= 15 is 0 Å². The first-order chi connectivity index (χ1) is 13.6. The van der Waals surface area contributed by atoms with E-state index in [1.165, 1.54) is 16.8 Å². The minimum Gasteiger partial charge on any atom is -0.336 e. The smallest absolute Gasteiger partial charge is 0.336 e. The second-order valence-corrected chi connectivity index (χ2v) is 6.68. The molecule has 7 nitrogen and oxygen atoms in total. The summed E-state index contributed by atoms with van der Waals surface area (Å²) in [6, 6.07) is 14.8. The number of para-hydroxylation sites is 1. The summed E-state index contributed by atoms with van der Waals surface area (Å²) in [7, 11) is 0. The van der Waals surface area contributed by atoms with Gasteiger partial charge >= 0.3 is 11.7 Å². The average Bonchev–Trinajstić information content (AvgIpc) is 3.48. The van der Waals surface area contributed by atoms with E-state index in [0.29, 0.717) is 17.1 Å². The third-order valence-corrected chi connectivity index (χ3v) is 4.53. The van der Waals surface area contributed by atoms with Gasteiger partial charge in [-0.15, -0.1) is 5.10 Å². The SMILES string of the molecule is O=C(NCCn1nc(-c2ccc(F)cc2)n(C2CC2)c1=O)Nc1ccccc1. The van der Waals surface area contributed by atoms with Gasteiger partial charge in [-0.2, -0.15) is 0 Å². The molecule has 1 aliphatic rings. The molecular formula is C20H20FN5O2. The van der Waals surface area contributed by atoms with Crippen molar-refractivity contribution in [3.8, 4) is 11.4 Å². The molecule has 144 valence electrons. The molecule has 0 radical (unpaired) electrons. The number of amides is 2. The number of urea groups is 1. The Kier molecular flexibility index (Phi) is 4.92. The van der Waals surface area contributed by atoms with Crippen LogP contribution in [0.1, 0.15) is 18.9 Å². The number of anilines is 1. The molecule has 1 heterocycles. The Bertz CT molecular complexity index is 1020. The minimum atomic E-state index is -0.348. The minimum absolute atomic E-state index is 0.135. The van der Waals surface area contributed by atoms with Crippen LogP contribution in [0.3, 0.4) is 0 Å². The Morgan fingerprint density at radius 1 is 1.11 bits per heavy atom. The molecule has 0 saturated heterocycles. The van der Waals surface area contributed by atoms with Crippen molar-refractivity contribution >= 4 is 11.7 Å². The molecule has 4 rings (SSSR count). The summed E-state index contributed by atoms with van der Waals surface area (Å²) in [6.07, 6.45) is 1.86. The van der Waals surface area contributed by atoms with E-state index in [0.717, 1.165) is 12.8 Å². The maximum Gasteiger partial charge on any atom is 0.346 e. The van der Waals surface area contributed by atoms with Crippen molar-refractivity contribution in [2.24, 2.45) is 0 Å². The van der Waals surface area contributed by atoms with Crippen molar-refractivity contribution in [3.05, 3.63) is 70.9 Å². The molecule has 0 atom stereocenters. The van der Waals surface area contributed by atoms with Crippen LogP contribution in [0.25, 0.3) is 11.4 Å². The Hall–Kier alpha value is -3.42. The molecule has 2 amide bonds. The van der Waals surface area contributed by atoms with Crippen LogP contribution in [-0.4, -0.2) is 26.9 Å². The van der Waals surface area contributed by atoms with Crippen LogP contribution < -0.4 is 16.3 Å². The Morgan fingerprint density at radius 3 is 2.50 bits per heavy atom. The third-order valence-electron chi connectivity index (χ3n) is 4.53. The molecule has 0 unspecified atom stereocenters. The number of hydrogen-bond acceptors (Lipinski definition) is 3. The first-order valence-corrected chi connectivity index (χ1v) is 9.17. The summed E-state index contributed by atoms with van der Waals surface area (Å²) in [6.45, 7) is 0.498. The fraction of sp³-hybridized carbons (Fsp3) is 0.250. The topological polar surface area (TPSA) is 81.0 Å². The van der Waals surface area contributed by atoms with Gasteiger partial charge in [-0.3, -0.25) is 4.57 Å². The van der Waals surface area contributed by atoms with Crippen LogP contribution >= 0.6 is 0 Å². The second-order valence-electron chi connectivity index (χ2n) is 6.68. The van der Waals surface area contributed by atoms with Gasteiger partial charge in [0, 0.05) is 23.8 Å². The zero-order chi connectivity index (χ0) is 19.5. The quantitative estimate of drug-likeness (QED) is 0.689. The number of hydrogen-bond donors (Lipinski definition) is 2. The second kappa shape index (κ2) is 7.67. The van der Waals surface area contributed by atoms with Crippen molar-refractivity contribution in [1.29, 1.82) is 0 Å². The molecule has 0 bridgehead atoms. The Morgan fingerprint density at radius 2 is 1.82 bits per heavy atom. The van der Waals surface area contributed by atoms with Gasteiger partial charge in [0.15, 0.2) is 5.82 Å². The number of nitrogens with one attached hydrogen (secondary N) is 2. The fourth-order valence-corrected chi connectivity index (χ4v) is 3.00. The molecule has 1 fully saturated rings. The van der Waals surface area contributed by atoms with Crippen molar-refractivity contribution in [2.45, 2.75) is 25.4 Å². The highest BCUT2D eigenvalue weighted by Crippen LogP contribution is 2.36. The van der Waals surface area contributed by atoms with E-state index in [9.17, 15) is 14.0 Å². The number of halogens is 1. The number of aromatic nitrogens is 3. The first kappa shape index (κ1) is 18.0. The highest BCUT2D eigenvalue weighted by molar-refractivity contribution is 5.89. The maximum atomic E-state index is 13.2. The van der Waals surface area contributed by atoms with E-state index in [2.05, 4.69) is 15.7 Å². The van der Waals surface area contributed by atoms with Gasteiger partial charge in [0.25, 0.3) is 0 Å². The molecule has 1 saturated carbocycles. The molecule has 1 aliphatic carbocycles. The van der Waals surface area contributed by atoms with E-state index in [4.69, 9.17) is 0 Å². The van der Waals surface area contributed by atoms with Crippen molar-refractivity contribution in [1.82, 2.24) is 19.7 Å². The van der Waals surface area contributed by atoms with Crippen LogP contribution in [0.15, 0.2) is 59.4 Å². The summed E-state index contributed by atoms with van der Waals surface area (Å²) in [5.41, 5.74) is 1.17. The zero-order valence-electron chi connectivity index (χ0n) is 15.1. The summed E-state index contributed by atoms with van der Waals surface area (Å²) in [5.74, 6) is 0.193. The summed E-state index contributed by atoms with van der Waals surface area (Å²) >= 11 is 0. The van der Waals surface area contributed by atoms with Crippen LogP contribution in [0.2, 0.25) is 0 Å². The van der Waals surface area contributed by atoms with Gasteiger partial charge in [-0.25, -0.2) is 18.7 Å². The Balaban J connectivity index is 1.45. The molecule has 2 aromatic carbocycles. The number of benzene rings is 2. The molecule has 8 heteroatoms. The normalized spacial score (nSPS) is 13.3. The standard InChI is InChI=1S/C20H20FN5O2/c21-15-8-6-14(7-9-15)18-24-25(20(28)26(18)17-10-11-17)13-12-22-19(27)23-16-4-2-1-3-5-16/h1-9,17H,10-13H2,(H2,22,23,27). The zero-order valence-corrected chi connectivity index (χ0v) is 15.1. The molecule has 3 aromatic rings. The lowest BCUT2D eigenvalue weighted by atomic mass is 10.2. The molecular weight excluding hydrogens is 361 g/mol. The van der Waals surface area contributed by atoms with Crippen molar-refractivity contribution < 1.29 is 9.18 Å². The number of carbonyl (C=O) groups excluding carboxylic acids is 1. The first-order valence-electron chi connectivity index (χ1n) is 9.17. The van der Waals surface area contributed by atoms with E-state index in [1.807, 2.05) is 18.2 Å². The van der Waals surface area contributed by atoms with Gasteiger partial charge in [-0.05, 0) is 49.2 Å². The summed E-state index contributed by atoms with van der Waals surface area (Å²) in [4.78, 5) is 24.7. The average molecular weight is 381 g/mol. The predicted octanol–water partition coefficient (Wildman–Crippen LogP) is 3.01. The maximum absolute atomic E-state index is 13.2. The third kappa shape index (κ3) is 3.95. The molecule has 0 spiro atoms. The number of carbonyl (C=O) groups is 1. The Labute approximate surface area is 160 Å². The fourth-order valence-electron chi connectivity index (χ4n) is 3.00. The van der Waals surface area contributed by atoms with Crippen LogP contribution in [0.4, 0.5) is 14.9 Å². The lowest BCUT2D eigenvalue weighted by molar-refractivity contribution is 0.251. The van der Waals surface area contributed by atoms with Crippen molar-refractivity contribution in [2.75, 3.05) is 11.9 Å². The highest BCUT2D eigenvalue weighted by Gasteiger charge is 2.30. The lowest BCUT2D eigenvalue weighted by Gasteiger charge is -2.07. The van der Waals surface area contributed by atoms with Crippen LogP contribution in [0, 0.1) is 5.82 Å². The predicted molar refractivity (Wildman–Crippen MR) is 104 cm³/mol. The summed E-state index contributed by atoms with van der Waals surface area (Å²) in [5, 5.41) is 9.86. The van der Waals surface area contributed by atoms with Gasteiger partial charge in [0.1, 0.15) is 5.82 Å². The van der Waals surface area contributed by atoms with Crippen LogP contribution in [-0.2, 0) is 6.54 Å². The largest absolute Gasteiger partial charge is 0.346 e. The summed E-state index contributed by atoms with van der Waals surface area (Å²) < 4.78 is 16.2. The van der Waals surface area contributed by atoms with Gasteiger partial charge in [-0.1, -0.05) is 18.2 Å². The molecule has 1 aromatic heterocycles. The highest BCUT2D eigenvalue weighted by atomic mass is 19.1. The van der Waals surface area contributed by atoms with Gasteiger partial charge < -0.3 is 10.6 Å². The van der Waals surface area contributed by atoms with E-state index < -0.39 is 0 Å². The number of nitrogens with zero attached hydrogens (tertiary/aromatic N) is 3. The van der Waals surface area contributed by atoms with Gasteiger partial charge in [0.05, 0.1) is 6.54 Å². The van der Waals surface area contributed by atoms with E-state index in [-0.39, 0.29) is 36.7 Å². The van der Waals surface area contributed by atoms with E-state index in [1.54, 1.807) is 28.8 Å². The molecule has 0 aliphatic heterocycles. The number of rotatable bonds is 6.